The number of allylic oxidation sites excluding steroid dienone is 1. The Hall–Kier alpha value is -2.05. The first-order valence-electron chi connectivity index (χ1n) is 7.55. The molecule has 0 fully saturated rings. The van der Waals surface area contributed by atoms with Crippen LogP contribution in [-0.4, -0.2) is 21.0 Å². The van der Waals surface area contributed by atoms with Crippen LogP contribution in [0.3, 0.4) is 0 Å². The lowest BCUT2D eigenvalue weighted by Gasteiger charge is -2.24. The standard InChI is InChI=1S/C18H15BrN4S/c1-24-18-21-17-20-15(12-5-3-2-4-6-12)11-16(23(17)22-18)13-7-9-14(19)10-8-13/h2-11,16H,1H3,(H,20,21,22)/t16-/m1/s1. The predicted octanol–water partition coefficient (Wildman–Crippen LogP) is 4.82. The predicted molar refractivity (Wildman–Crippen MR) is 102 cm³/mol. The first kappa shape index (κ1) is 15.5. The number of fused-ring (bicyclic) bond motifs is 1. The van der Waals surface area contributed by atoms with Crippen molar-refractivity contribution >= 4 is 39.3 Å². The Morgan fingerprint density at radius 2 is 1.83 bits per heavy atom. The molecule has 0 saturated heterocycles. The third-order valence-corrected chi connectivity index (χ3v) is 4.99. The molecule has 4 rings (SSSR count). The number of hydrogen-bond acceptors (Lipinski definition) is 4. The van der Waals surface area contributed by atoms with Crippen molar-refractivity contribution in [1.29, 1.82) is 0 Å². The van der Waals surface area contributed by atoms with Crippen LogP contribution in [0.15, 0.2) is 70.3 Å². The van der Waals surface area contributed by atoms with Gasteiger partial charge in [0, 0.05) is 10.2 Å². The van der Waals surface area contributed by atoms with Gasteiger partial charge in [-0.05, 0) is 35.6 Å². The molecule has 0 saturated carbocycles. The Morgan fingerprint density at radius 3 is 2.54 bits per heavy atom. The van der Waals surface area contributed by atoms with E-state index in [0.717, 1.165) is 26.8 Å². The second-order valence-corrected chi connectivity index (χ2v) is 7.12. The van der Waals surface area contributed by atoms with Crippen LogP contribution in [0.1, 0.15) is 17.2 Å². The fourth-order valence-electron chi connectivity index (χ4n) is 2.74. The lowest BCUT2D eigenvalue weighted by atomic mass is 10.0. The molecule has 1 aliphatic heterocycles. The summed E-state index contributed by atoms with van der Waals surface area (Å²) in [6.07, 6.45) is 4.19. The van der Waals surface area contributed by atoms with E-state index in [4.69, 9.17) is 0 Å². The van der Waals surface area contributed by atoms with Gasteiger partial charge in [0.2, 0.25) is 11.1 Å². The highest BCUT2D eigenvalue weighted by Crippen LogP contribution is 2.33. The Morgan fingerprint density at radius 1 is 1.08 bits per heavy atom. The summed E-state index contributed by atoms with van der Waals surface area (Å²) in [7, 11) is 0. The van der Waals surface area contributed by atoms with E-state index in [2.05, 4.69) is 73.8 Å². The molecule has 1 N–H and O–H groups in total. The summed E-state index contributed by atoms with van der Waals surface area (Å²) in [5.74, 6) is 0.772. The van der Waals surface area contributed by atoms with Gasteiger partial charge in [-0.1, -0.05) is 70.2 Å². The van der Waals surface area contributed by atoms with Crippen LogP contribution in [-0.2, 0) is 0 Å². The van der Waals surface area contributed by atoms with Gasteiger partial charge >= 0.3 is 0 Å². The van der Waals surface area contributed by atoms with Gasteiger partial charge in [0.15, 0.2) is 0 Å². The SMILES string of the molecule is CSc1nc2n(n1)[C@@H](c1ccc(Br)cc1)C=C(c1ccccc1)N2. The van der Waals surface area contributed by atoms with Gasteiger partial charge in [-0.3, -0.25) is 0 Å². The van der Waals surface area contributed by atoms with E-state index in [0.29, 0.717) is 0 Å². The molecule has 0 radical (unpaired) electrons. The quantitative estimate of drug-likeness (QED) is 0.642. The van der Waals surface area contributed by atoms with E-state index in [9.17, 15) is 0 Å². The number of benzene rings is 2. The molecule has 1 atom stereocenters. The molecule has 0 spiro atoms. The van der Waals surface area contributed by atoms with Crippen LogP contribution in [0.5, 0.6) is 0 Å². The van der Waals surface area contributed by atoms with Gasteiger partial charge in [-0.15, -0.1) is 5.10 Å². The third kappa shape index (κ3) is 2.87. The first-order valence-corrected chi connectivity index (χ1v) is 9.56. The second kappa shape index (κ2) is 6.45. The van der Waals surface area contributed by atoms with E-state index in [-0.39, 0.29) is 6.04 Å². The summed E-state index contributed by atoms with van der Waals surface area (Å²) < 4.78 is 3.01. The normalized spacial score (nSPS) is 16.2. The van der Waals surface area contributed by atoms with E-state index >= 15 is 0 Å². The monoisotopic (exact) mass is 398 g/mol. The minimum atomic E-state index is 0.0120. The summed E-state index contributed by atoms with van der Waals surface area (Å²) in [6.45, 7) is 0. The maximum atomic E-state index is 4.63. The number of thioether (sulfide) groups is 1. The van der Waals surface area contributed by atoms with Crippen molar-refractivity contribution in [3.63, 3.8) is 0 Å². The number of nitrogens with one attached hydrogen (secondary N) is 1. The van der Waals surface area contributed by atoms with Gasteiger partial charge in [0.1, 0.15) is 6.04 Å². The Balaban J connectivity index is 1.83. The fraction of sp³-hybridized carbons (Fsp3) is 0.111. The average molecular weight is 399 g/mol. The first-order chi connectivity index (χ1) is 11.7. The Bertz CT molecular complexity index is 887. The molecule has 2 aromatic carbocycles. The lowest BCUT2D eigenvalue weighted by molar-refractivity contribution is 0.598. The lowest BCUT2D eigenvalue weighted by Crippen LogP contribution is -2.20. The van der Waals surface area contributed by atoms with E-state index in [1.807, 2.05) is 29.1 Å². The smallest absolute Gasteiger partial charge is 0.227 e. The van der Waals surface area contributed by atoms with E-state index in [1.54, 1.807) is 11.8 Å². The summed E-state index contributed by atoms with van der Waals surface area (Å²) >= 11 is 5.04. The molecule has 1 aliphatic rings. The van der Waals surface area contributed by atoms with Crippen LogP contribution in [0.2, 0.25) is 0 Å². The maximum Gasteiger partial charge on any atom is 0.227 e. The van der Waals surface area contributed by atoms with Gasteiger partial charge < -0.3 is 5.32 Å². The molecule has 2 heterocycles. The number of hydrogen-bond donors (Lipinski definition) is 1. The number of nitrogens with zero attached hydrogens (tertiary/aromatic N) is 3. The minimum absolute atomic E-state index is 0.0120. The highest BCUT2D eigenvalue weighted by molar-refractivity contribution is 9.10. The molecule has 0 bridgehead atoms. The number of aromatic nitrogens is 3. The topological polar surface area (TPSA) is 42.7 Å². The average Bonchev–Trinajstić information content (AvgIpc) is 3.05. The number of halogens is 1. The van der Waals surface area contributed by atoms with Crippen molar-refractivity contribution in [3.8, 4) is 0 Å². The van der Waals surface area contributed by atoms with Crippen LogP contribution in [0.25, 0.3) is 5.70 Å². The Labute approximate surface area is 153 Å². The van der Waals surface area contributed by atoms with E-state index < -0.39 is 0 Å². The molecular formula is C18H15BrN4S. The van der Waals surface area contributed by atoms with Crippen LogP contribution in [0.4, 0.5) is 5.95 Å². The van der Waals surface area contributed by atoms with Crippen molar-refractivity contribution in [2.45, 2.75) is 11.2 Å². The number of rotatable bonds is 3. The summed E-state index contributed by atoms with van der Waals surface area (Å²) in [5, 5.41) is 8.80. The van der Waals surface area contributed by atoms with Crippen molar-refractivity contribution < 1.29 is 0 Å². The van der Waals surface area contributed by atoms with Crippen molar-refractivity contribution in [3.05, 3.63) is 76.3 Å². The molecule has 6 heteroatoms. The Kier molecular flexibility index (Phi) is 4.16. The van der Waals surface area contributed by atoms with Gasteiger partial charge in [0.05, 0.1) is 0 Å². The fourth-order valence-corrected chi connectivity index (χ4v) is 3.36. The van der Waals surface area contributed by atoms with Crippen molar-refractivity contribution in [1.82, 2.24) is 14.8 Å². The van der Waals surface area contributed by atoms with Gasteiger partial charge in [-0.2, -0.15) is 4.98 Å². The van der Waals surface area contributed by atoms with Crippen molar-refractivity contribution in [2.75, 3.05) is 11.6 Å². The molecule has 0 aliphatic carbocycles. The second-order valence-electron chi connectivity index (χ2n) is 5.43. The molecule has 4 nitrogen and oxygen atoms in total. The molecule has 3 aromatic rings. The van der Waals surface area contributed by atoms with Gasteiger partial charge in [-0.25, -0.2) is 4.68 Å². The highest BCUT2D eigenvalue weighted by Gasteiger charge is 2.25. The number of anilines is 1. The van der Waals surface area contributed by atoms with Gasteiger partial charge in [0.25, 0.3) is 0 Å². The van der Waals surface area contributed by atoms with Crippen LogP contribution >= 0.6 is 27.7 Å². The van der Waals surface area contributed by atoms with Crippen LogP contribution < -0.4 is 5.32 Å². The molecule has 24 heavy (non-hydrogen) atoms. The molecular weight excluding hydrogens is 384 g/mol. The zero-order valence-corrected chi connectivity index (χ0v) is 15.4. The molecule has 1 aromatic heterocycles. The van der Waals surface area contributed by atoms with Crippen molar-refractivity contribution in [2.24, 2.45) is 0 Å². The largest absolute Gasteiger partial charge is 0.324 e. The van der Waals surface area contributed by atoms with Crippen LogP contribution in [0, 0.1) is 0 Å². The van der Waals surface area contributed by atoms with E-state index in [1.165, 1.54) is 5.56 Å². The zero-order valence-electron chi connectivity index (χ0n) is 13.0. The maximum absolute atomic E-state index is 4.63. The molecule has 0 amide bonds. The summed E-state index contributed by atoms with van der Waals surface area (Å²) in [4.78, 5) is 4.59. The summed E-state index contributed by atoms with van der Waals surface area (Å²) in [6, 6.07) is 18.6. The highest BCUT2D eigenvalue weighted by atomic mass is 79.9. The molecule has 0 unspecified atom stereocenters. The minimum Gasteiger partial charge on any atom is -0.324 e. The molecule has 120 valence electrons. The summed E-state index contributed by atoms with van der Waals surface area (Å²) in [5.41, 5.74) is 3.36. The third-order valence-electron chi connectivity index (χ3n) is 3.93. The zero-order chi connectivity index (χ0) is 16.5.